The van der Waals surface area contributed by atoms with Crippen LogP contribution in [0.25, 0.3) is 0 Å². The van der Waals surface area contributed by atoms with E-state index in [1.54, 1.807) is 10.4 Å². The summed E-state index contributed by atoms with van der Waals surface area (Å²) in [4.78, 5) is 26.0. The number of nitrogens with zero attached hydrogens (tertiary/aromatic N) is 1. The largest absolute Gasteiger partial charge is 0.348 e. The maximum Gasteiger partial charge on any atom is 0.251 e. The van der Waals surface area contributed by atoms with Crippen LogP contribution in [-0.4, -0.2) is 36.2 Å². The molecule has 2 heterocycles. The molecular weight excluding hydrogens is 366 g/mol. The molecule has 1 atom stereocenters. The molecule has 8 heteroatoms. The molecule has 1 fully saturated rings. The summed E-state index contributed by atoms with van der Waals surface area (Å²) >= 11 is 0. The van der Waals surface area contributed by atoms with E-state index in [4.69, 9.17) is 0 Å². The Balaban J connectivity index is 1.68. The smallest absolute Gasteiger partial charge is 0.251 e. The summed E-state index contributed by atoms with van der Waals surface area (Å²) in [5, 5.41) is 2.74. The van der Waals surface area contributed by atoms with E-state index in [0.717, 1.165) is 24.8 Å². The van der Waals surface area contributed by atoms with E-state index in [9.17, 15) is 18.0 Å². The van der Waals surface area contributed by atoms with Crippen molar-refractivity contribution >= 4 is 15.9 Å². The molecule has 1 aromatic heterocycles. The summed E-state index contributed by atoms with van der Waals surface area (Å²) in [5.41, 5.74) is 0.941. The van der Waals surface area contributed by atoms with Crippen LogP contribution in [0, 0.1) is 0 Å². The molecule has 0 bridgehead atoms. The van der Waals surface area contributed by atoms with Gasteiger partial charge in [-0.15, -0.1) is 0 Å². The first-order chi connectivity index (χ1) is 12.9. The fraction of sp³-hybridized carbons (Fsp3) is 0.368. The van der Waals surface area contributed by atoms with Gasteiger partial charge in [0.2, 0.25) is 15.6 Å². The summed E-state index contributed by atoms with van der Waals surface area (Å²) in [7, 11) is -3.55. The second-order valence-electron chi connectivity index (χ2n) is 6.73. The number of sulfonamides is 1. The van der Waals surface area contributed by atoms with Crippen molar-refractivity contribution in [3.8, 4) is 0 Å². The molecule has 0 aliphatic carbocycles. The summed E-state index contributed by atoms with van der Waals surface area (Å²) in [6.07, 6.45) is 4.32. The van der Waals surface area contributed by atoms with Gasteiger partial charge in [-0.25, -0.2) is 8.42 Å². The molecule has 0 radical (unpaired) electrons. The van der Waals surface area contributed by atoms with Gasteiger partial charge in [0.05, 0.1) is 4.90 Å². The van der Waals surface area contributed by atoms with Crippen LogP contribution < -0.4 is 10.9 Å². The molecule has 2 N–H and O–H groups in total. The lowest BCUT2D eigenvalue weighted by Gasteiger charge is -2.32. The van der Waals surface area contributed by atoms with Gasteiger partial charge in [-0.1, -0.05) is 12.5 Å². The number of nitrogens with one attached hydrogen (secondary N) is 2. The van der Waals surface area contributed by atoms with Crippen molar-refractivity contribution in [2.24, 2.45) is 0 Å². The minimum absolute atomic E-state index is 0.0101. The molecular formula is C19H23N3O4S. The molecule has 1 aliphatic heterocycles. The molecule has 144 valence electrons. The number of hydrogen-bond donors (Lipinski definition) is 2. The number of benzene rings is 1. The van der Waals surface area contributed by atoms with Crippen molar-refractivity contribution in [3.05, 3.63) is 64.1 Å². The highest BCUT2D eigenvalue weighted by Crippen LogP contribution is 2.25. The lowest BCUT2D eigenvalue weighted by Crippen LogP contribution is -2.41. The van der Waals surface area contributed by atoms with E-state index in [1.165, 1.54) is 36.5 Å². The number of carbonyl (C=O) groups is 1. The Morgan fingerprint density at radius 1 is 1.19 bits per heavy atom. The number of aromatic amines is 1. The third kappa shape index (κ3) is 4.45. The third-order valence-corrected chi connectivity index (χ3v) is 6.79. The molecule has 0 saturated carbocycles. The summed E-state index contributed by atoms with van der Waals surface area (Å²) < 4.78 is 27.2. The van der Waals surface area contributed by atoms with E-state index in [-0.39, 0.29) is 28.9 Å². The number of hydrogen-bond acceptors (Lipinski definition) is 4. The fourth-order valence-corrected chi connectivity index (χ4v) is 4.88. The first-order valence-electron chi connectivity index (χ1n) is 8.95. The molecule has 1 aliphatic rings. The van der Waals surface area contributed by atoms with Crippen molar-refractivity contribution in [3.63, 3.8) is 0 Å². The summed E-state index contributed by atoms with van der Waals surface area (Å²) in [5.74, 6) is -0.309. The zero-order valence-corrected chi connectivity index (χ0v) is 16.0. The quantitative estimate of drug-likeness (QED) is 0.815. The zero-order valence-electron chi connectivity index (χ0n) is 15.1. The fourth-order valence-electron chi connectivity index (χ4n) is 3.18. The number of amides is 1. The number of aromatic nitrogens is 1. The van der Waals surface area contributed by atoms with Crippen LogP contribution in [0.5, 0.6) is 0 Å². The monoisotopic (exact) mass is 389 g/mol. The van der Waals surface area contributed by atoms with Crippen molar-refractivity contribution in [1.82, 2.24) is 14.6 Å². The van der Waals surface area contributed by atoms with Crippen LogP contribution >= 0.6 is 0 Å². The van der Waals surface area contributed by atoms with E-state index >= 15 is 0 Å². The predicted octanol–water partition coefficient (Wildman–Crippen LogP) is 1.87. The highest BCUT2D eigenvalue weighted by atomic mass is 32.2. The molecule has 0 spiro atoms. The summed E-state index contributed by atoms with van der Waals surface area (Å²) in [6.45, 7) is 2.72. The Bertz CT molecular complexity index is 947. The maximum absolute atomic E-state index is 12.8. The third-order valence-electron chi connectivity index (χ3n) is 4.77. The number of carbonyl (C=O) groups excluding carboxylic acids is 1. The van der Waals surface area contributed by atoms with Crippen LogP contribution in [0.15, 0.2) is 52.3 Å². The number of pyridine rings is 1. The minimum atomic E-state index is -3.55. The predicted molar refractivity (Wildman–Crippen MR) is 102 cm³/mol. The van der Waals surface area contributed by atoms with Gasteiger partial charge in [-0.2, -0.15) is 4.31 Å². The Morgan fingerprint density at radius 2 is 1.93 bits per heavy atom. The number of H-pyrrole nitrogens is 1. The first-order valence-corrected chi connectivity index (χ1v) is 10.4. The van der Waals surface area contributed by atoms with Gasteiger partial charge in [0.1, 0.15) is 0 Å². The summed E-state index contributed by atoms with van der Waals surface area (Å²) in [6, 6.07) is 9.01. The average Bonchev–Trinajstić information content (AvgIpc) is 2.67. The van der Waals surface area contributed by atoms with Crippen LogP contribution in [0.3, 0.4) is 0 Å². The minimum Gasteiger partial charge on any atom is -0.348 e. The van der Waals surface area contributed by atoms with Gasteiger partial charge in [0, 0.05) is 37.0 Å². The number of piperidine rings is 1. The topological polar surface area (TPSA) is 99.3 Å². The lowest BCUT2D eigenvalue weighted by molar-refractivity contribution is 0.0950. The van der Waals surface area contributed by atoms with E-state index in [0.29, 0.717) is 12.1 Å². The van der Waals surface area contributed by atoms with E-state index in [2.05, 4.69) is 10.3 Å². The first kappa shape index (κ1) is 19.3. The highest BCUT2D eigenvalue weighted by Gasteiger charge is 2.30. The Morgan fingerprint density at radius 3 is 2.56 bits per heavy atom. The van der Waals surface area contributed by atoms with E-state index in [1.807, 2.05) is 6.92 Å². The van der Waals surface area contributed by atoms with Crippen LogP contribution in [0.4, 0.5) is 0 Å². The van der Waals surface area contributed by atoms with Crippen molar-refractivity contribution < 1.29 is 13.2 Å². The molecule has 1 amide bonds. The SMILES string of the molecule is CC1CCCCN1S(=O)(=O)c1ccc(C(=O)NCc2ccc(=O)[nH]c2)cc1. The standard InChI is InChI=1S/C19H23N3O4S/c1-14-4-2-3-11-22(14)27(25,26)17-8-6-16(7-9-17)19(24)21-13-15-5-10-18(23)20-12-15/h5-10,12,14H,2-4,11,13H2,1H3,(H,20,23)(H,21,24). The molecule has 27 heavy (non-hydrogen) atoms. The van der Waals surface area contributed by atoms with Gasteiger partial charge in [0.15, 0.2) is 0 Å². The normalized spacial score (nSPS) is 18.2. The van der Waals surface area contributed by atoms with Gasteiger partial charge >= 0.3 is 0 Å². The number of rotatable bonds is 5. The Kier molecular flexibility index (Phi) is 5.76. The van der Waals surface area contributed by atoms with Gasteiger partial charge in [-0.3, -0.25) is 9.59 Å². The van der Waals surface area contributed by atoms with Crippen LogP contribution in [0.1, 0.15) is 42.1 Å². The van der Waals surface area contributed by atoms with Gasteiger partial charge in [0.25, 0.3) is 5.91 Å². The van der Waals surface area contributed by atoms with Crippen LogP contribution in [-0.2, 0) is 16.6 Å². The van der Waals surface area contributed by atoms with Crippen molar-refractivity contribution in [2.75, 3.05) is 6.54 Å². The van der Waals surface area contributed by atoms with Gasteiger partial charge < -0.3 is 10.3 Å². The molecule has 1 saturated heterocycles. The zero-order chi connectivity index (χ0) is 19.4. The maximum atomic E-state index is 12.8. The molecule has 1 aromatic carbocycles. The average molecular weight is 389 g/mol. The Hall–Kier alpha value is -2.45. The van der Waals surface area contributed by atoms with Gasteiger partial charge in [-0.05, 0) is 49.6 Å². The second kappa shape index (κ2) is 8.06. The molecule has 1 unspecified atom stereocenters. The van der Waals surface area contributed by atoms with Crippen LogP contribution in [0.2, 0.25) is 0 Å². The molecule has 2 aromatic rings. The molecule has 3 rings (SSSR count). The second-order valence-corrected chi connectivity index (χ2v) is 8.62. The Labute approximate surface area is 158 Å². The molecule has 7 nitrogen and oxygen atoms in total. The van der Waals surface area contributed by atoms with Crippen molar-refractivity contribution in [1.29, 1.82) is 0 Å². The lowest BCUT2D eigenvalue weighted by atomic mass is 10.1. The highest BCUT2D eigenvalue weighted by molar-refractivity contribution is 7.89. The van der Waals surface area contributed by atoms with Crippen molar-refractivity contribution in [2.45, 2.75) is 43.7 Å². The van der Waals surface area contributed by atoms with E-state index < -0.39 is 10.0 Å².